The molecule has 1 N–H and O–H groups in total. The second kappa shape index (κ2) is 5.89. The molecule has 126 valence electrons. The van der Waals surface area contributed by atoms with Crippen LogP contribution in [0, 0.1) is 12.7 Å². The lowest BCUT2D eigenvalue weighted by atomic mass is 10.1. The van der Waals surface area contributed by atoms with Gasteiger partial charge in [0.15, 0.2) is 11.5 Å². The molecular weight excluding hydrogens is 347 g/mol. The van der Waals surface area contributed by atoms with Crippen LogP contribution < -0.4 is 14.8 Å². The minimum atomic E-state index is -0.372. The van der Waals surface area contributed by atoms with E-state index in [2.05, 4.69) is 10.3 Å². The van der Waals surface area contributed by atoms with Crippen LogP contribution in [0.5, 0.6) is 11.5 Å². The highest BCUT2D eigenvalue weighted by molar-refractivity contribution is 6.34. The van der Waals surface area contributed by atoms with Crippen molar-refractivity contribution in [2.45, 2.75) is 6.92 Å². The first-order chi connectivity index (χ1) is 12.0. The molecule has 0 saturated carbocycles. The first-order valence-corrected chi connectivity index (χ1v) is 7.86. The number of halogens is 2. The van der Waals surface area contributed by atoms with Gasteiger partial charge >= 0.3 is 0 Å². The fraction of sp³-hybridized carbons (Fsp3) is 0.111. The number of aryl methyl sites for hydroxylation is 1. The van der Waals surface area contributed by atoms with E-state index in [9.17, 15) is 9.18 Å². The van der Waals surface area contributed by atoms with Crippen LogP contribution in [0.15, 0.2) is 36.4 Å². The summed E-state index contributed by atoms with van der Waals surface area (Å²) in [4.78, 5) is 16.9. The average molecular weight is 359 g/mol. The lowest BCUT2D eigenvalue weighted by Gasteiger charge is -2.11. The summed E-state index contributed by atoms with van der Waals surface area (Å²) in [5.41, 5.74) is 1.78. The van der Waals surface area contributed by atoms with E-state index in [-0.39, 0.29) is 18.5 Å². The van der Waals surface area contributed by atoms with Crippen molar-refractivity contribution >= 4 is 34.1 Å². The zero-order chi connectivity index (χ0) is 17.6. The minimum absolute atomic E-state index is 0.118. The Labute approximate surface area is 147 Å². The van der Waals surface area contributed by atoms with Gasteiger partial charge in [-0.3, -0.25) is 9.78 Å². The van der Waals surface area contributed by atoms with Crippen molar-refractivity contribution in [2.75, 3.05) is 12.1 Å². The van der Waals surface area contributed by atoms with Crippen molar-refractivity contribution in [1.29, 1.82) is 0 Å². The highest BCUT2D eigenvalue weighted by atomic mass is 35.5. The number of hydrogen-bond donors (Lipinski definition) is 1. The van der Waals surface area contributed by atoms with Gasteiger partial charge in [-0.05, 0) is 25.1 Å². The van der Waals surface area contributed by atoms with Gasteiger partial charge in [0.2, 0.25) is 6.79 Å². The summed E-state index contributed by atoms with van der Waals surface area (Å²) in [5, 5.41) is 3.77. The summed E-state index contributed by atoms with van der Waals surface area (Å²) in [6.07, 6.45) is 0. The number of hydrogen-bond acceptors (Lipinski definition) is 4. The Hall–Kier alpha value is -2.86. The molecule has 5 nitrogen and oxygen atoms in total. The molecule has 1 aromatic heterocycles. The summed E-state index contributed by atoms with van der Waals surface area (Å²) in [5.74, 6) is 0.317. The molecule has 2 heterocycles. The van der Waals surface area contributed by atoms with Crippen LogP contribution in [0.1, 0.15) is 16.1 Å². The van der Waals surface area contributed by atoms with Crippen molar-refractivity contribution in [3.8, 4) is 11.5 Å². The van der Waals surface area contributed by atoms with Gasteiger partial charge in [0.25, 0.3) is 5.91 Å². The third-order valence-corrected chi connectivity index (χ3v) is 4.24. The van der Waals surface area contributed by atoms with Crippen LogP contribution in [-0.4, -0.2) is 17.7 Å². The number of amides is 1. The number of carbonyl (C=O) groups excluding carboxylic acids is 1. The number of nitrogens with zero attached hydrogens (tertiary/aromatic N) is 1. The van der Waals surface area contributed by atoms with E-state index in [1.807, 2.05) is 0 Å². The molecule has 3 aromatic rings. The summed E-state index contributed by atoms with van der Waals surface area (Å²) in [6, 6.07) is 9.12. The first-order valence-electron chi connectivity index (χ1n) is 7.48. The normalized spacial score (nSPS) is 12.4. The smallest absolute Gasteiger partial charge is 0.257 e. The maximum absolute atomic E-state index is 13.3. The molecule has 0 aliphatic carbocycles. The maximum atomic E-state index is 13.3. The molecule has 1 aliphatic rings. The third kappa shape index (κ3) is 2.85. The molecular formula is C18H12ClFN2O3. The number of ether oxygens (including phenoxy) is 2. The molecule has 1 aliphatic heterocycles. The minimum Gasteiger partial charge on any atom is -0.454 e. The number of rotatable bonds is 2. The van der Waals surface area contributed by atoms with Crippen LogP contribution in [0.3, 0.4) is 0 Å². The Morgan fingerprint density at radius 2 is 1.96 bits per heavy atom. The van der Waals surface area contributed by atoms with Crippen LogP contribution in [0.25, 0.3) is 10.9 Å². The van der Waals surface area contributed by atoms with Crippen molar-refractivity contribution in [3.63, 3.8) is 0 Å². The monoisotopic (exact) mass is 358 g/mol. The van der Waals surface area contributed by atoms with Gasteiger partial charge in [0.05, 0.1) is 27.5 Å². The van der Waals surface area contributed by atoms with Crippen LogP contribution in [0.4, 0.5) is 10.1 Å². The van der Waals surface area contributed by atoms with Crippen LogP contribution >= 0.6 is 11.6 Å². The van der Waals surface area contributed by atoms with Gasteiger partial charge in [0, 0.05) is 23.6 Å². The average Bonchev–Trinajstić information content (AvgIpc) is 3.01. The van der Waals surface area contributed by atoms with Gasteiger partial charge in [-0.25, -0.2) is 4.39 Å². The van der Waals surface area contributed by atoms with E-state index in [0.29, 0.717) is 44.4 Å². The fourth-order valence-electron chi connectivity index (χ4n) is 2.67. The van der Waals surface area contributed by atoms with E-state index < -0.39 is 0 Å². The van der Waals surface area contributed by atoms with E-state index in [0.717, 1.165) is 0 Å². The summed E-state index contributed by atoms with van der Waals surface area (Å²) >= 11 is 6.18. The highest BCUT2D eigenvalue weighted by Crippen LogP contribution is 2.39. The number of anilines is 1. The van der Waals surface area contributed by atoms with Gasteiger partial charge in [-0.15, -0.1) is 0 Å². The van der Waals surface area contributed by atoms with E-state index in [1.54, 1.807) is 31.2 Å². The number of nitrogens with one attached hydrogen (secondary N) is 1. The Morgan fingerprint density at radius 1 is 1.20 bits per heavy atom. The second-order valence-electron chi connectivity index (χ2n) is 5.60. The molecule has 0 fully saturated rings. The molecule has 0 unspecified atom stereocenters. The van der Waals surface area contributed by atoms with Crippen molar-refractivity contribution in [3.05, 3.63) is 58.5 Å². The van der Waals surface area contributed by atoms with Crippen LogP contribution in [0.2, 0.25) is 5.02 Å². The van der Waals surface area contributed by atoms with Crippen LogP contribution in [-0.2, 0) is 0 Å². The highest BCUT2D eigenvalue weighted by Gasteiger charge is 2.19. The maximum Gasteiger partial charge on any atom is 0.257 e. The van der Waals surface area contributed by atoms with Gasteiger partial charge in [-0.1, -0.05) is 11.6 Å². The van der Waals surface area contributed by atoms with Crippen molar-refractivity contribution in [2.24, 2.45) is 0 Å². The SMILES string of the molecule is Cc1nc2cc(F)ccc2cc1C(=O)Nc1cc2c(cc1Cl)OCO2. The van der Waals surface area contributed by atoms with E-state index >= 15 is 0 Å². The molecule has 0 atom stereocenters. The van der Waals surface area contributed by atoms with Gasteiger partial charge in [0.1, 0.15) is 5.82 Å². The predicted molar refractivity (Wildman–Crippen MR) is 92.0 cm³/mol. The molecule has 1 amide bonds. The Balaban J connectivity index is 1.68. The number of carbonyl (C=O) groups is 1. The zero-order valence-corrected chi connectivity index (χ0v) is 13.9. The lowest BCUT2D eigenvalue weighted by Crippen LogP contribution is -2.14. The third-order valence-electron chi connectivity index (χ3n) is 3.93. The molecule has 0 spiro atoms. The quantitative estimate of drug-likeness (QED) is 0.741. The second-order valence-corrected chi connectivity index (χ2v) is 6.01. The summed E-state index contributed by atoms with van der Waals surface area (Å²) in [7, 11) is 0. The Morgan fingerprint density at radius 3 is 2.76 bits per heavy atom. The van der Waals surface area contributed by atoms with Crippen molar-refractivity contribution < 1.29 is 18.7 Å². The lowest BCUT2D eigenvalue weighted by molar-refractivity contribution is 0.102. The number of aromatic nitrogens is 1. The molecule has 4 rings (SSSR count). The Bertz CT molecular complexity index is 1020. The topological polar surface area (TPSA) is 60.5 Å². The number of benzene rings is 2. The molecule has 7 heteroatoms. The molecule has 0 bridgehead atoms. The number of fused-ring (bicyclic) bond motifs is 2. The standard InChI is InChI=1S/C18H12ClFN2O3/c1-9-12(4-10-2-3-11(20)5-14(10)21-9)18(23)22-15-7-17-16(6-13(15)19)24-8-25-17/h2-7H,8H2,1H3,(H,22,23). The molecule has 0 saturated heterocycles. The zero-order valence-electron chi connectivity index (χ0n) is 13.1. The molecule has 0 radical (unpaired) electrons. The summed E-state index contributed by atoms with van der Waals surface area (Å²) in [6.45, 7) is 1.81. The molecule has 25 heavy (non-hydrogen) atoms. The summed E-state index contributed by atoms with van der Waals surface area (Å²) < 4.78 is 23.8. The fourth-order valence-corrected chi connectivity index (χ4v) is 2.87. The predicted octanol–water partition coefficient (Wildman–Crippen LogP) is 4.32. The number of pyridine rings is 1. The van der Waals surface area contributed by atoms with Crippen molar-refractivity contribution in [1.82, 2.24) is 4.98 Å². The van der Waals surface area contributed by atoms with Gasteiger partial charge in [-0.2, -0.15) is 0 Å². The Kier molecular flexibility index (Phi) is 3.69. The first kappa shape index (κ1) is 15.7. The van der Waals surface area contributed by atoms with Gasteiger partial charge < -0.3 is 14.8 Å². The molecule has 2 aromatic carbocycles. The largest absolute Gasteiger partial charge is 0.454 e. The van der Waals surface area contributed by atoms with E-state index in [4.69, 9.17) is 21.1 Å². The van der Waals surface area contributed by atoms with E-state index in [1.165, 1.54) is 12.1 Å².